The number of aliphatic hydroxyl groups is 1. The van der Waals surface area contributed by atoms with E-state index in [1.54, 1.807) is 6.20 Å². The third-order valence-corrected chi connectivity index (χ3v) is 3.71. The highest BCUT2D eigenvalue weighted by Gasteiger charge is 2.44. The SMILES string of the molecule is NCC(O)(c1cccc2cnccc12)C1CC1. The highest BCUT2D eigenvalue weighted by atomic mass is 16.3. The van der Waals surface area contributed by atoms with Crippen LogP contribution in [-0.4, -0.2) is 16.6 Å². The van der Waals surface area contributed by atoms with Gasteiger partial charge in [-0.3, -0.25) is 4.98 Å². The maximum absolute atomic E-state index is 10.8. The van der Waals surface area contributed by atoms with Gasteiger partial charge < -0.3 is 10.8 Å². The van der Waals surface area contributed by atoms with E-state index in [9.17, 15) is 5.11 Å². The summed E-state index contributed by atoms with van der Waals surface area (Å²) < 4.78 is 0. The second-order valence-electron chi connectivity index (χ2n) is 4.81. The fourth-order valence-electron chi connectivity index (χ4n) is 2.56. The summed E-state index contributed by atoms with van der Waals surface area (Å²) in [5, 5.41) is 12.9. The third kappa shape index (κ3) is 1.63. The van der Waals surface area contributed by atoms with Crippen molar-refractivity contribution in [3.8, 4) is 0 Å². The maximum atomic E-state index is 10.8. The molecule has 3 N–H and O–H groups in total. The van der Waals surface area contributed by atoms with Crippen LogP contribution in [0.1, 0.15) is 18.4 Å². The molecule has 3 rings (SSSR count). The Morgan fingerprint density at radius 1 is 1.35 bits per heavy atom. The summed E-state index contributed by atoms with van der Waals surface area (Å²) >= 11 is 0. The van der Waals surface area contributed by atoms with Crippen molar-refractivity contribution in [1.29, 1.82) is 0 Å². The topological polar surface area (TPSA) is 59.1 Å². The maximum Gasteiger partial charge on any atom is 0.105 e. The van der Waals surface area contributed by atoms with E-state index in [4.69, 9.17) is 5.73 Å². The molecular formula is C14H16N2O. The van der Waals surface area contributed by atoms with Gasteiger partial charge in [0.05, 0.1) is 0 Å². The Morgan fingerprint density at radius 3 is 2.88 bits per heavy atom. The molecule has 17 heavy (non-hydrogen) atoms. The molecule has 0 spiro atoms. The molecule has 0 radical (unpaired) electrons. The second kappa shape index (κ2) is 3.79. The second-order valence-corrected chi connectivity index (χ2v) is 4.81. The lowest BCUT2D eigenvalue weighted by molar-refractivity contribution is 0.0237. The minimum atomic E-state index is -0.874. The Bertz CT molecular complexity index is 545. The number of nitrogens with zero attached hydrogens (tertiary/aromatic N) is 1. The molecule has 0 saturated heterocycles. The minimum Gasteiger partial charge on any atom is -0.384 e. The van der Waals surface area contributed by atoms with Crippen LogP contribution in [-0.2, 0) is 5.60 Å². The fraction of sp³-hybridized carbons (Fsp3) is 0.357. The normalized spacial score (nSPS) is 19.2. The Labute approximate surface area is 100 Å². The molecule has 1 aliphatic rings. The van der Waals surface area contributed by atoms with Crippen LogP contribution in [0, 0.1) is 5.92 Å². The van der Waals surface area contributed by atoms with Gasteiger partial charge in [-0.15, -0.1) is 0 Å². The quantitative estimate of drug-likeness (QED) is 0.842. The van der Waals surface area contributed by atoms with E-state index >= 15 is 0 Å². The monoisotopic (exact) mass is 228 g/mol. The highest BCUT2D eigenvalue weighted by Crippen LogP contribution is 2.46. The zero-order chi connectivity index (χ0) is 11.9. The number of aromatic nitrogens is 1. The number of hydrogen-bond donors (Lipinski definition) is 2. The predicted molar refractivity (Wildman–Crippen MR) is 67.4 cm³/mol. The zero-order valence-electron chi connectivity index (χ0n) is 9.63. The van der Waals surface area contributed by atoms with Crippen LogP contribution in [0.25, 0.3) is 10.8 Å². The zero-order valence-corrected chi connectivity index (χ0v) is 9.63. The molecule has 88 valence electrons. The van der Waals surface area contributed by atoms with Crippen molar-refractivity contribution in [2.45, 2.75) is 18.4 Å². The smallest absolute Gasteiger partial charge is 0.105 e. The van der Waals surface area contributed by atoms with Gasteiger partial charge in [-0.2, -0.15) is 0 Å². The highest BCUT2D eigenvalue weighted by molar-refractivity contribution is 5.85. The van der Waals surface area contributed by atoms with Crippen molar-refractivity contribution in [3.63, 3.8) is 0 Å². The standard InChI is InChI=1S/C14H16N2O/c15-9-14(17,11-4-5-11)13-3-1-2-10-8-16-7-6-12(10)13/h1-3,6-8,11,17H,4-5,9,15H2. The van der Waals surface area contributed by atoms with Crippen molar-refractivity contribution < 1.29 is 5.11 Å². The molecule has 1 saturated carbocycles. The molecule has 1 heterocycles. The number of pyridine rings is 1. The number of fused-ring (bicyclic) bond motifs is 1. The van der Waals surface area contributed by atoms with Gasteiger partial charge in [-0.05, 0) is 35.8 Å². The van der Waals surface area contributed by atoms with Crippen LogP contribution < -0.4 is 5.73 Å². The number of nitrogens with two attached hydrogens (primary N) is 1. The molecule has 0 bridgehead atoms. The van der Waals surface area contributed by atoms with Gasteiger partial charge in [0.15, 0.2) is 0 Å². The van der Waals surface area contributed by atoms with Gasteiger partial charge in [0, 0.05) is 24.3 Å². The van der Waals surface area contributed by atoms with Crippen LogP contribution >= 0.6 is 0 Å². The Morgan fingerprint density at radius 2 is 2.18 bits per heavy atom. The Balaban J connectivity index is 2.22. The predicted octanol–water partition coefficient (Wildman–Crippen LogP) is 1.79. The van der Waals surface area contributed by atoms with Crippen LogP contribution in [0.4, 0.5) is 0 Å². The molecule has 3 nitrogen and oxygen atoms in total. The van der Waals surface area contributed by atoms with Gasteiger partial charge in [0.2, 0.25) is 0 Å². The summed E-state index contributed by atoms with van der Waals surface area (Å²) in [6, 6.07) is 7.90. The largest absolute Gasteiger partial charge is 0.384 e. The van der Waals surface area contributed by atoms with Crippen molar-refractivity contribution in [2.24, 2.45) is 11.7 Å². The average molecular weight is 228 g/mol. The number of rotatable bonds is 3. The van der Waals surface area contributed by atoms with E-state index in [1.165, 1.54) is 0 Å². The van der Waals surface area contributed by atoms with E-state index in [1.807, 2.05) is 30.5 Å². The van der Waals surface area contributed by atoms with E-state index in [0.717, 1.165) is 29.2 Å². The molecule has 1 aromatic heterocycles. The van der Waals surface area contributed by atoms with Crippen LogP contribution in [0.2, 0.25) is 0 Å². The van der Waals surface area contributed by atoms with Gasteiger partial charge in [-0.1, -0.05) is 18.2 Å². The summed E-state index contributed by atoms with van der Waals surface area (Å²) in [6.07, 6.45) is 5.71. The molecule has 1 atom stereocenters. The van der Waals surface area contributed by atoms with E-state index in [0.29, 0.717) is 5.92 Å². The molecule has 0 amide bonds. The van der Waals surface area contributed by atoms with Gasteiger partial charge in [-0.25, -0.2) is 0 Å². The van der Waals surface area contributed by atoms with E-state index in [2.05, 4.69) is 4.98 Å². The molecule has 0 aliphatic heterocycles. The summed E-state index contributed by atoms with van der Waals surface area (Å²) in [4.78, 5) is 4.11. The summed E-state index contributed by atoms with van der Waals surface area (Å²) in [5.74, 6) is 0.311. The third-order valence-electron chi connectivity index (χ3n) is 3.71. The lowest BCUT2D eigenvalue weighted by Crippen LogP contribution is -2.37. The van der Waals surface area contributed by atoms with Gasteiger partial charge >= 0.3 is 0 Å². The van der Waals surface area contributed by atoms with Crippen LogP contribution in [0.5, 0.6) is 0 Å². The number of benzene rings is 1. The van der Waals surface area contributed by atoms with Crippen molar-refractivity contribution in [1.82, 2.24) is 4.98 Å². The summed E-state index contributed by atoms with van der Waals surface area (Å²) in [6.45, 7) is 0.277. The van der Waals surface area contributed by atoms with E-state index < -0.39 is 5.60 Å². The molecule has 2 aromatic rings. The average Bonchev–Trinajstić information content (AvgIpc) is 3.22. The first-order chi connectivity index (χ1) is 8.25. The molecular weight excluding hydrogens is 212 g/mol. The van der Waals surface area contributed by atoms with Crippen molar-refractivity contribution >= 4 is 10.8 Å². The first kappa shape index (κ1) is 10.7. The molecule has 1 fully saturated rings. The Kier molecular flexibility index (Phi) is 2.38. The van der Waals surface area contributed by atoms with E-state index in [-0.39, 0.29) is 6.54 Å². The minimum absolute atomic E-state index is 0.277. The van der Waals surface area contributed by atoms with Gasteiger partial charge in [0.1, 0.15) is 5.60 Å². The molecule has 1 aromatic carbocycles. The summed E-state index contributed by atoms with van der Waals surface area (Å²) in [7, 11) is 0. The lowest BCUT2D eigenvalue weighted by atomic mass is 9.86. The Hall–Kier alpha value is -1.45. The van der Waals surface area contributed by atoms with Gasteiger partial charge in [0.25, 0.3) is 0 Å². The van der Waals surface area contributed by atoms with Crippen LogP contribution in [0.3, 0.4) is 0 Å². The lowest BCUT2D eigenvalue weighted by Gasteiger charge is -2.28. The molecule has 1 unspecified atom stereocenters. The number of hydrogen-bond acceptors (Lipinski definition) is 3. The summed E-state index contributed by atoms with van der Waals surface area (Å²) in [5.41, 5.74) is 5.88. The first-order valence-corrected chi connectivity index (χ1v) is 6.01. The first-order valence-electron chi connectivity index (χ1n) is 6.01. The fourth-order valence-corrected chi connectivity index (χ4v) is 2.56. The molecule has 1 aliphatic carbocycles. The van der Waals surface area contributed by atoms with Crippen molar-refractivity contribution in [2.75, 3.05) is 6.54 Å². The van der Waals surface area contributed by atoms with Crippen molar-refractivity contribution in [3.05, 3.63) is 42.2 Å². The molecule has 3 heteroatoms. The van der Waals surface area contributed by atoms with Crippen LogP contribution in [0.15, 0.2) is 36.7 Å².